The molecule has 8 heteroatoms. The van der Waals surface area contributed by atoms with E-state index in [-0.39, 0.29) is 0 Å². The number of fused-ring (bicyclic) bond motifs is 1. The lowest BCUT2D eigenvalue weighted by molar-refractivity contribution is 0.369. The molecule has 0 radical (unpaired) electrons. The first-order valence-electron chi connectivity index (χ1n) is 6.97. The van der Waals surface area contributed by atoms with Crippen molar-refractivity contribution < 1.29 is 14.4 Å². The van der Waals surface area contributed by atoms with Gasteiger partial charge in [0.2, 0.25) is 0 Å². The summed E-state index contributed by atoms with van der Waals surface area (Å²) in [6.45, 7) is 3.98. The molecule has 1 atom stereocenters. The van der Waals surface area contributed by atoms with Gasteiger partial charge in [-0.2, -0.15) is 5.10 Å². The van der Waals surface area contributed by atoms with Gasteiger partial charge in [0.15, 0.2) is 5.65 Å². The third-order valence-electron chi connectivity index (χ3n) is 3.11. The van der Waals surface area contributed by atoms with E-state index in [1.54, 1.807) is 18.3 Å². The monoisotopic (exact) mass is 329 g/mol. The maximum Gasteiger partial charge on any atom is 0.344 e. The van der Waals surface area contributed by atoms with Crippen LogP contribution in [0.4, 0.5) is 0 Å². The lowest BCUT2D eigenvalue weighted by Crippen LogP contribution is -2.08. The van der Waals surface area contributed by atoms with E-state index in [1.807, 2.05) is 6.92 Å². The summed E-state index contributed by atoms with van der Waals surface area (Å²) in [5, 5.41) is 4.15. The highest BCUT2D eigenvalue weighted by atomic mass is 32.2. The second-order valence-electron chi connectivity index (χ2n) is 4.77. The second-order valence-corrected chi connectivity index (χ2v) is 8.20. The number of aryl methyl sites for hydroxylation is 1. The van der Waals surface area contributed by atoms with Crippen LogP contribution in [0.2, 0.25) is 0 Å². The van der Waals surface area contributed by atoms with Crippen molar-refractivity contribution in [2.24, 2.45) is 0 Å². The Bertz CT molecular complexity index is 655. The van der Waals surface area contributed by atoms with Crippen LogP contribution in [0.5, 0.6) is 0 Å². The SMILES string of the molecule is CCCCc1cc(C(SCC)P(=O)(O)O)n2nccc2n1. The standard InChI is InChI=1S/C13H20N3O3PS/c1-3-5-6-10-9-11(13(21-4-2)20(17,18)19)16-12(15-10)7-8-14-16/h7-9,13H,3-6H2,1-2H3,(H2,17,18,19). The highest BCUT2D eigenvalue weighted by molar-refractivity contribution is 8.04. The van der Waals surface area contributed by atoms with Crippen LogP contribution in [0.15, 0.2) is 18.3 Å². The Labute approximate surface area is 128 Å². The van der Waals surface area contributed by atoms with Crippen LogP contribution in [-0.4, -0.2) is 30.1 Å². The summed E-state index contributed by atoms with van der Waals surface area (Å²) in [5.41, 5.74) is 2.01. The quantitative estimate of drug-likeness (QED) is 0.759. The zero-order valence-corrected chi connectivity index (χ0v) is 13.8. The van der Waals surface area contributed by atoms with Gasteiger partial charge in [0, 0.05) is 11.8 Å². The minimum atomic E-state index is -4.27. The molecule has 2 rings (SSSR count). The van der Waals surface area contributed by atoms with E-state index in [0.717, 1.165) is 25.0 Å². The summed E-state index contributed by atoms with van der Waals surface area (Å²) in [6, 6.07) is 3.54. The van der Waals surface area contributed by atoms with Gasteiger partial charge >= 0.3 is 7.60 Å². The zero-order valence-electron chi connectivity index (χ0n) is 12.1. The summed E-state index contributed by atoms with van der Waals surface area (Å²) in [4.78, 5) is 22.9. The first kappa shape index (κ1) is 16.5. The molecule has 2 aromatic rings. The third kappa shape index (κ3) is 3.86. The normalized spacial score (nSPS) is 13.7. The van der Waals surface area contributed by atoms with Crippen molar-refractivity contribution in [3.8, 4) is 0 Å². The Morgan fingerprint density at radius 3 is 2.81 bits per heavy atom. The van der Waals surface area contributed by atoms with Gasteiger partial charge in [0.05, 0.1) is 11.9 Å². The van der Waals surface area contributed by atoms with Crippen molar-refractivity contribution in [3.05, 3.63) is 29.7 Å². The largest absolute Gasteiger partial charge is 0.344 e. The van der Waals surface area contributed by atoms with Crippen molar-refractivity contribution in [2.45, 2.75) is 38.1 Å². The van der Waals surface area contributed by atoms with E-state index in [0.29, 0.717) is 17.1 Å². The van der Waals surface area contributed by atoms with Crippen LogP contribution in [-0.2, 0) is 11.0 Å². The maximum atomic E-state index is 11.8. The number of rotatable bonds is 7. The molecule has 2 heterocycles. The predicted octanol–water partition coefficient (Wildman–Crippen LogP) is 3.00. The molecule has 0 saturated heterocycles. The summed E-state index contributed by atoms with van der Waals surface area (Å²) in [7, 11) is -4.27. The minimum absolute atomic E-state index is 0.524. The Balaban J connectivity index is 2.53. The van der Waals surface area contributed by atoms with E-state index in [1.165, 1.54) is 16.3 Å². The molecule has 0 amide bonds. The van der Waals surface area contributed by atoms with E-state index in [9.17, 15) is 14.4 Å². The first-order chi connectivity index (χ1) is 9.97. The topological polar surface area (TPSA) is 87.7 Å². The summed E-state index contributed by atoms with van der Waals surface area (Å²) in [6.07, 6.45) is 4.45. The van der Waals surface area contributed by atoms with Gasteiger partial charge in [-0.3, -0.25) is 4.57 Å². The van der Waals surface area contributed by atoms with Crippen LogP contribution in [0.3, 0.4) is 0 Å². The molecule has 2 aromatic heterocycles. The predicted molar refractivity (Wildman–Crippen MR) is 84.5 cm³/mol. The average molecular weight is 329 g/mol. The maximum absolute atomic E-state index is 11.8. The molecule has 0 aromatic carbocycles. The molecule has 1 unspecified atom stereocenters. The number of thioether (sulfide) groups is 1. The number of hydrogen-bond donors (Lipinski definition) is 2. The van der Waals surface area contributed by atoms with E-state index >= 15 is 0 Å². The fraction of sp³-hybridized carbons (Fsp3) is 0.538. The van der Waals surface area contributed by atoms with Crippen molar-refractivity contribution >= 4 is 25.0 Å². The van der Waals surface area contributed by atoms with Crippen molar-refractivity contribution in [3.63, 3.8) is 0 Å². The smallest absolute Gasteiger partial charge is 0.323 e. The minimum Gasteiger partial charge on any atom is -0.323 e. The summed E-state index contributed by atoms with van der Waals surface area (Å²) < 4.78 is 13.4. The molecule has 0 aliphatic carbocycles. The lowest BCUT2D eigenvalue weighted by atomic mass is 10.2. The van der Waals surface area contributed by atoms with Gasteiger partial charge in [0.25, 0.3) is 0 Å². The Kier molecular flexibility index (Phi) is 5.43. The van der Waals surface area contributed by atoms with Crippen LogP contribution in [0.1, 0.15) is 43.1 Å². The van der Waals surface area contributed by atoms with Crippen molar-refractivity contribution in [1.82, 2.24) is 14.6 Å². The highest BCUT2D eigenvalue weighted by Gasteiger charge is 2.33. The first-order valence-corrected chi connectivity index (χ1v) is 9.70. The molecule has 21 heavy (non-hydrogen) atoms. The molecular formula is C13H20N3O3PS. The molecule has 116 valence electrons. The summed E-state index contributed by atoms with van der Waals surface area (Å²) >= 11 is 1.24. The van der Waals surface area contributed by atoms with Gasteiger partial charge in [-0.05, 0) is 24.7 Å². The van der Waals surface area contributed by atoms with Crippen molar-refractivity contribution in [2.75, 3.05) is 5.75 Å². The molecule has 6 nitrogen and oxygen atoms in total. The van der Waals surface area contributed by atoms with Gasteiger partial charge < -0.3 is 9.79 Å². The highest BCUT2D eigenvalue weighted by Crippen LogP contribution is 2.57. The van der Waals surface area contributed by atoms with Crippen molar-refractivity contribution in [1.29, 1.82) is 0 Å². The number of hydrogen-bond acceptors (Lipinski definition) is 4. The van der Waals surface area contributed by atoms with Crippen LogP contribution < -0.4 is 0 Å². The Morgan fingerprint density at radius 2 is 2.19 bits per heavy atom. The lowest BCUT2D eigenvalue weighted by Gasteiger charge is -2.19. The van der Waals surface area contributed by atoms with E-state index in [2.05, 4.69) is 17.0 Å². The average Bonchev–Trinajstić information content (AvgIpc) is 2.88. The van der Waals surface area contributed by atoms with Gasteiger partial charge in [0.1, 0.15) is 4.99 Å². The molecule has 0 spiro atoms. The number of aromatic nitrogens is 3. The molecule has 0 bridgehead atoms. The van der Waals surface area contributed by atoms with Crippen LogP contribution in [0, 0.1) is 0 Å². The van der Waals surface area contributed by atoms with Gasteiger partial charge in [-0.15, -0.1) is 11.8 Å². The summed E-state index contributed by atoms with van der Waals surface area (Å²) in [5.74, 6) is 0.616. The fourth-order valence-electron chi connectivity index (χ4n) is 2.17. The Morgan fingerprint density at radius 1 is 1.43 bits per heavy atom. The molecule has 0 saturated carbocycles. The number of nitrogens with zero attached hydrogens (tertiary/aromatic N) is 3. The van der Waals surface area contributed by atoms with Crippen LogP contribution in [0.25, 0.3) is 5.65 Å². The van der Waals surface area contributed by atoms with E-state index < -0.39 is 12.6 Å². The van der Waals surface area contributed by atoms with Gasteiger partial charge in [-0.1, -0.05) is 20.3 Å². The molecular weight excluding hydrogens is 309 g/mol. The van der Waals surface area contributed by atoms with E-state index in [4.69, 9.17) is 0 Å². The third-order valence-corrected chi connectivity index (χ3v) is 6.15. The Hall–Kier alpha value is -0.880. The second kappa shape index (κ2) is 6.92. The molecule has 0 aliphatic rings. The van der Waals surface area contributed by atoms with Gasteiger partial charge in [-0.25, -0.2) is 9.50 Å². The fourth-order valence-corrected chi connectivity index (χ4v) is 4.57. The molecule has 0 aliphatic heterocycles. The van der Waals surface area contributed by atoms with Crippen LogP contribution >= 0.6 is 19.4 Å². The molecule has 2 N–H and O–H groups in total. The number of unbranched alkanes of at least 4 members (excludes halogenated alkanes) is 1. The zero-order chi connectivity index (χ0) is 15.5. The molecule has 0 fully saturated rings.